The van der Waals surface area contributed by atoms with E-state index in [-0.39, 0.29) is 5.97 Å². The second kappa shape index (κ2) is 7.29. The predicted octanol–water partition coefficient (Wildman–Crippen LogP) is 4.61. The Labute approximate surface area is 143 Å². The Morgan fingerprint density at radius 1 is 1.29 bits per heavy atom. The van der Waals surface area contributed by atoms with E-state index in [1.54, 1.807) is 7.11 Å². The molecule has 0 aliphatic rings. The lowest BCUT2D eigenvalue weighted by Crippen LogP contribution is -2.21. The standard InChI is InChI=1S/C14H13Br2NO3S/c1-19-10-6-4-3-5-9(10)17-12(14(18)20-2)11-7-8(15)13(16)21-11/h3-7,12,17H,1-2H3. The Morgan fingerprint density at radius 3 is 2.57 bits per heavy atom. The lowest BCUT2D eigenvalue weighted by molar-refractivity contribution is -0.141. The highest BCUT2D eigenvalue weighted by molar-refractivity contribution is 9.13. The normalized spacial score (nSPS) is 11.8. The minimum atomic E-state index is -0.598. The van der Waals surface area contributed by atoms with Gasteiger partial charge in [0.05, 0.1) is 23.7 Å². The smallest absolute Gasteiger partial charge is 0.333 e. The second-order valence-corrected chi connectivity index (χ2v) is 7.33. The van der Waals surface area contributed by atoms with Crippen molar-refractivity contribution in [3.8, 4) is 5.75 Å². The van der Waals surface area contributed by atoms with E-state index in [1.165, 1.54) is 18.4 Å². The highest BCUT2D eigenvalue weighted by Gasteiger charge is 2.25. The first kappa shape index (κ1) is 16.3. The molecule has 0 saturated heterocycles. The summed E-state index contributed by atoms with van der Waals surface area (Å²) in [6.07, 6.45) is 0. The van der Waals surface area contributed by atoms with Crippen LogP contribution in [0.25, 0.3) is 0 Å². The topological polar surface area (TPSA) is 47.6 Å². The van der Waals surface area contributed by atoms with Crippen LogP contribution in [-0.4, -0.2) is 20.2 Å². The molecule has 0 spiro atoms. The molecule has 0 fully saturated rings. The van der Waals surface area contributed by atoms with Gasteiger partial charge in [-0.3, -0.25) is 0 Å². The Kier molecular flexibility index (Phi) is 5.66. The third-order valence-electron chi connectivity index (χ3n) is 2.79. The number of methoxy groups -OCH3 is 2. The first-order chi connectivity index (χ1) is 10.1. The number of rotatable bonds is 5. The number of ether oxygens (including phenoxy) is 2. The van der Waals surface area contributed by atoms with Crippen molar-refractivity contribution in [2.45, 2.75) is 6.04 Å². The number of para-hydroxylation sites is 2. The number of anilines is 1. The minimum absolute atomic E-state index is 0.359. The van der Waals surface area contributed by atoms with Crippen LogP contribution in [0, 0.1) is 0 Å². The van der Waals surface area contributed by atoms with Gasteiger partial charge in [-0.25, -0.2) is 4.79 Å². The van der Waals surface area contributed by atoms with E-state index in [4.69, 9.17) is 9.47 Å². The van der Waals surface area contributed by atoms with Crippen LogP contribution in [0.3, 0.4) is 0 Å². The van der Waals surface area contributed by atoms with E-state index >= 15 is 0 Å². The summed E-state index contributed by atoms with van der Waals surface area (Å²) in [6.45, 7) is 0. The average Bonchev–Trinajstić information content (AvgIpc) is 2.83. The van der Waals surface area contributed by atoms with Gasteiger partial charge in [0.1, 0.15) is 5.75 Å². The van der Waals surface area contributed by atoms with Crippen molar-refractivity contribution in [2.24, 2.45) is 0 Å². The summed E-state index contributed by atoms with van der Waals surface area (Å²) in [5, 5.41) is 3.18. The summed E-state index contributed by atoms with van der Waals surface area (Å²) < 4.78 is 12.0. The molecule has 1 N–H and O–H groups in total. The van der Waals surface area contributed by atoms with Gasteiger partial charge in [0.15, 0.2) is 6.04 Å². The summed E-state index contributed by atoms with van der Waals surface area (Å²) in [5.41, 5.74) is 0.732. The summed E-state index contributed by atoms with van der Waals surface area (Å²) in [6, 6.07) is 8.72. The summed E-state index contributed by atoms with van der Waals surface area (Å²) in [7, 11) is 2.96. The Bertz CT molecular complexity index is 625. The largest absolute Gasteiger partial charge is 0.495 e. The fourth-order valence-corrected chi connectivity index (χ4v) is 3.92. The van der Waals surface area contributed by atoms with Crippen LogP contribution in [0.2, 0.25) is 0 Å². The molecule has 0 bridgehead atoms. The molecule has 0 aliphatic carbocycles. The number of esters is 1. The van der Waals surface area contributed by atoms with Crippen LogP contribution < -0.4 is 10.1 Å². The van der Waals surface area contributed by atoms with E-state index < -0.39 is 6.04 Å². The van der Waals surface area contributed by atoms with Crippen molar-refractivity contribution in [3.05, 3.63) is 43.5 Å². The number of thiophene rings is 1. The molecule has 1 atom stereocenters. The van der Waals surface area contributed by atoms with Crippen LogP contribution in [0.5, 0.6) is 5.75 Å². The van der Waals surface area contributed by atoms with E-state index in [9.17, 15) is 4.79 Å². The minimum Gasteiger partial charge on any atom is -0.495 e. The highest BCUT2D eigenvalue weighted by atomic mass is 79.9. The van der Waals surface area contributed by atoms with Gasteiger partial charge in [-0.15, -0.1) is 11.3 Å². The molecule has 7 heteroatoms. The summed E-state index contributed by atoms with van der Waals surface area (Å²) in [5.74, 6) is 0.309. The molecule has 2 aromatic rings. The Hall–Kier alpha value is -1.05. The summed E-state index contributed by atoms with van der Waals surface area (Å²) in [4.78, 5) is 12.9. The van der Waals surface area contributed by atoms with Gasteiger partial charge in [0.25, 0.3) is 0 Å². The van der Waals surface area contributed by atoms with E-state index in [2.05, 4.69) is 37.2 Å². The lowest BCUT2D eigenvalue weighted by atomic mass is 10.2. The van der Waals surface area contributed by atoms with Gasteiger partial charge >= 0.3 is 5.97 Å². The van der Waals surface area contributed by atoms with Crippen molar-refractivity contribution in [1.29, 1.82) is 0 Å². The van der Waals surface area contributed by atoms with Crippen LogP contribution in [0.1, 0.15) is 10.9 Å². The van der Waals surface area contributed by atoms with Gasteiger partial charge in [-0.2, -0.15) is 0 Å². The molecule has 0 radical (unpaired) electrons. The van der Waals surface area contributed by atoms with Gasteiger partial charge in [-0.1, -0.05) is 12.1 Å². The number of benzene rings is 1. The zero-order valence-corrected chi connectivity index (χ0v) is 15.3. The molecule has 0 aliphatic heterocycles. The van der Waals surface area contributed by atoms with Crippen molar-refractivity contribution < 1.29 is 14.3 Å². The molecule has 1 aromatic carbocycles. The van der Waals surface area contributed by atoms with Crippen molar-refractivity contribution in [1.82, 2.24) is 0 Å². The number of halogens is 2. The van der Waals surface area contributed by atoms with Crippen LogP contribution in [0.15, 0.2) is 38.6 Å². The van der Waals surface area contributed by atoms with Gasteiger partial charge in [0, 0.05) is 9.35 Å². The molecule has 21 heavy (non-hydrogen) atoms. The fraction of sp³-hybridized carbons (Fsp3) is 0.214. The molecule has 112 valence electrons. The maximum absolute atomic E-state index is 12.1. The first-order valence-electron chi connectivity index (χ1n) is 5.99. The van der Waals surface area contributed by atoms with Crippen LogP contribution in [-0.2, 0) is 9.53 Å². The molecule has 1 unspecified atom stereocenters. The SMILES string of the molecule is COC(=O)C(Nc1ccccc1OC)c1cc(Br)c(Br)s1. The zero-order valence-electron chi connectivity index (χ0n) is 11.4. The first-order valence-corrected chi connectivity index (χ1v) is 8.39. The van der Waals surface area contributed by atoms with E-state index in [1.807, 2.05) is 30.3 Å². The monoisotopic (exact) mass is 433 g/mol. The lowest BCUT2D eigenvalue weighted by Gasteiger charge is -2.18. The number of carbonyl (C=O) groups is 1. The number of hydrogen-bond donors (Lipinski definition) is 1. The van der Waals surface area contributed by atoms with Crippen molar-refractivity contribution in [3.63, 3.8) is 0 Å². The molecule has 0 amide bonds. The number of hydrogen-bond acceptors (Lipinski definition) is 5. The molecular formula is C14H13Br2NO3S. The van der Waals surface area contributed by atoms with Gasteiger partial charge < -0.3 is 14.8 Å². The van der Waals surface area contributed by atoms with E-state index in [0.717, 1.165) is 18.8 Å². The second-order valence-electron chi connectivity index (χ2n) is 4.07. The molecular weight excluding hydrogens is 422 g/mol. The Balaban J connectivity index is 2.35. The maximum Gasteiger partial charge on any atom is 0.333 e. The predicted molar refractivity (Wildman–Crippen MR) is 91.1 cm³/mol. The van der Waals surface area contributed by atoms with E-state index in [0.29, 0.717) is 5.75 Å². The highest BCUT2D eigenvalue weighted by Crippen LogP contribution is 2.38. The van der Waals surface area contributed by atoms with Crippen LogP contribution >= 0.6 is 43.2 Å². The summed E-state index contributed by atoms with van der Waals surface area (Å²) >= 11 is 8.33. The molecule has 2 rings (SSSR count). The van der Waals surface area contributed by atoms with Crippen LogP contribution in [0.4, 0.5) is 5.69 Å². The maximum atomic E-state index is 12.1. The van der Waals surface area contributed by atoms with Crippen molar-refractivity contribution >= 4 is 54.9 Å². The van der Waals surface area contributed by atoms with Gasteiger partial charge in [-0.05, 0) is 50.1 Å². The fourth-order valence-electron chi connectivity index (χ4n) is 1.79. The third kappa shape index (κ3) is 3.78. The molecule has 1 aromatic heterocycles. The molecule has 1 heterocycles. The number of carbonyl (C=O) groups excluding carboxylic acids is 1. The average molecular weight is 435 g/mol. The molecule has 4 nitrogen and oxygen atoms in total. The molecule has 0 saturated carbocycles. The Morgan fingerprint density at radius 2 is 2.00 bits per heavy atom. The van der Waals surface area contributed by atoms with Crippen molar-refractivity contribution in [2.75, 3.05) is 19.5 Å². The third-order valence-corrected chi connectivity index (χ3v) is 6.11. The quantitative estimate of drug-likeness (QED) is 0.698. The zero-order chi connectivity index (χ0) is 15.4. The van der Waals surface area contributed by atoms with Gasteiger partial charge in [0.2, 0.25) is 0 Å². The number of nitrogens with one attached hydrogen (secondary N) is 1.